The number of aliphatic hydroxyl groups is 1. The van der Waals surface area contributed by atoms with Gasteiger partial charge in [-0.25, -0.2) is 8.78 Å². The summed E-state index contributed by atoms with van der Waals surface area (Å²) in [6.45, 7) is -0.506. The molecule has 0 amide bonds. The summed E-state index contributed by atoms with van der Waals surface area (Å²) in [6, 6.07) is -0.538. The third kappa shape index (κ3) is 1.68. The molecule has 0 aliphatic heterocycles. The summed E-state index contributed by atoms with van der Waals surface area (Å²) in [5, 5.41) is 8.64. The molecule has 0 radical (unpaired) electrons. The number of rotatable bonds is 1. The average molecular weight is 165 g/mol. The highest BCUT2D eigenvalue weighted by atomic mass is 19.3. The van der Waals surface area contributed by atoms with Crippen LogP contribution in [0.25, 0.3) is 0 Å². The first-order valence-electron chi connectivity index (χ1n) is 3.82. The van der Waals surface area contributed by atoms with Crippen molar-refractivity contribution in [3.8, 4) is 0 Å². The summed E-state index contributed by atoms with van der Waals surface area (Å²) < 4.78 is 25.8. The predicted octanol–water partition coefficient (Wildman–Crippen LogP) is 0.741. The summed E-state index contributed by atoms with van der Waals surface area (Å²) in [5.74, 6) is -3.79. The number of halogens is 2. The molecule has 1 saturated carbocycles. The van der Waals surface area contributed by atoms with Crippen LogP contribution in [0.4, 0.5) is 8.78 Å². The maximum atomic E-state index is 12.9. The molecule has 66 valence electrons. The smallest absolute Gasteiger partial charge is 0.254 e. The van der Waals surface area contributed by atoms with Crippen molar-refractivity contribution in [1.29, 1.82) is 0 Å². The molecule has 2 unspecified atom stereocenters. The first-order chi connectivity index (χ1) is 5.08. The zero-order chi connectivity index (χ0) is 8.48. The van der Waals surface area contributed by atoms with Gasteiger partial charge in [-0.1, -0.05) is 0 Å². The number of hydrogen-bond acceptors (Lipinski definition) is 2. The van der Waals surface area contributed by atoms with E-state index in [1.165, 1.54) is 0 Å². The van der Waals surface area contributed by atoms with E-state index in [1.807, 2.05) is 0 Å². The van der Waals surface area contributed by atoms with E-state index in [-0.39, 0.29) is 6.42 Å². The zero-order valence-corrected chi connectivity index (χ0v) is 6.26. The largest absolute Gasteiger partial charge is 0.396 e. The van der Waals surface area contributed by atoms with Gasteiger partial charge in [-0.15, -0.1) is 0 Å². The SMILES string of the molecule is NC1CCCC(F)(F)C1CO. The molecule has 0 spiro atoms. The van der Waals surface area contributed by atoms with Crippen LogP contribution >= 0.6 is 0 Å². The second kappa shape index (κ2) is 3.03. The lowest BCUT2D eigenvalue weighted by Crippen LogP contribution is -2.47. The van der Waals surface area contributed by atoms with Crippen molar-refractivity contribution in [1.82, 2.24) is 0 Å². The second-order valence-corrected chi connectivity index (χ2v) is 3.11. The predicted molar refractivity (Wildman–Crippen MR) is 37.3 cm³/mol. The number of alkyl halides is 2. The van der Waals surface area contributed by atoms with Crippen LogP contribution in [0.2, 0.25) is 0 Å². The Morgan fingerprint density at radius 3 is 2.55 bits per heavy atom. The van der Waals surface area contributed by atoms with Gasteiger partial charge < -0.3 is 10.8 Å². The molecule has 0 saturated heterocycles. The monoisotopic (exact) mass is 165 g/mol. The van der Waals surface area contributed by atoms with Gasteiger partial charge in [0.2, 0.25) is 0 Å². The van der Waals surface area contributed by atoms with E-state index in [4.69, 9.17) is 10.8 Å². The van der Waals surface area contributed by atoms with Crippen molar-refractivity contribution in [3.63, 3.8) is 0 Å². The molecular weight excluding hydrogens is 152 g/mol. The number of aliphatic hydroxyl groups excluding tert-OH is 1. The Morgan fingerprint density at radius 2 is 2.18 bits per heavy atom. The minimum absolute atomic E-state index is 0.133. The van der Waals surface area contributed by atoms with Crippen molar-refractivity contribution in [2.45, 2.75) is 31.2 Å². The molecule has 1 rings (SSSR count). The minimum atomic E-state index is -2.76. The van der Waals surface area contributed by atoms with Crippen LogP contribution < -0.4 is 5.73 Å². The summed E-state index contributed by atoms with van der Waals surface area (Å²) >= 11 is 0. The fourth-order valence-electron chi connectivity index (χ4n) is 1.54. The van der Waals surface area contributed by atoms with Crippen LogP contribution in [0, 0.1) is 5.92 Å². The topological polar surface area (TPSA) is 46.2 Å². The Hall–Kier alpha value is -0.220. The summed E-state index contributed by atoms with van der Waals surface area (Å²) in [7, 11) is 0. The highest BCUT2D eigenvalue weighted by molar-refractivity contribution is 4.89. The molecule has 1 fully saturated rings. The van der Waals surface area contributed by atoms with Crippen molar-refractivity contribution in [2.24, 2.45) is 11.7 Å². The first-order valence-corrected chi connectivity index (χ1v) is 3.82. The van der Waals surface area contributed by atoms with E-state index in [1.54, 1.807) is 0 Å². The molecule has 11 heavy (non-hydrogen) atoms. The average Bonchev–Trinajstić information content (AvgIpc) is 1.86. The molecule has 0 aromatic rings. The van der Waals surface area contributed by atoms with E-state index in [2.05, 4.69) is 0 Å². The van der Waals surface area contributed by atoms with Crippen LogP contribution in [0.5, 0.6) is 0 Å². The Morgan fingerprint density at radius 1 is 1.55 bits per heavy atom. The summed E-state index contributed by atoms with van der Waals surface area (Å²) in [4.78, 5) is 0. The van der Waals surface area contributed by atoms with Gasteiger partial charge in [0.15, 0.2) is 0 Å². The summed E-state index contributed by atoms with van der Waals surface area (Å²) in [5.41, 5.74) is 5.43. The second-order valence-electron chi connectivity index (χ2n) is 3.11. The van der Waals surface area contributed by atoms with Gasteiger partial charge in [0.05, 0.1) is 12.5 Å². The number of nitrogens with two attached hydrogens (primary N) is 1. The summed E-state index contributed by atoms with van der Waals surface area (Å²) in [6.07, 6.45) is 0.928. The highest BCUT2D eigenvalue weighted by Gasteiger charge is 2.44. The van der Waals surface area contributed by atoms with Gasteiger partial charge in [-0.3, -0.25) is 0 Å². The van der Waals surface area contributed by atoms with E-state index >= 15 is 0 Å². The van der Waals surface area contributed by atoms with Crippen molar-refractivity contribution < 1.29 is 13.9 Å². The molecule has 0 bridgehead atoms. The fraction of sp³-hybridized carbons (Fsp3) is 1.00. The maximum Gasteiger partial charge on any atom is 0.254 e. The Kier molecular flexibility index (Phi) is 2.44. The fourth-order valence-corrected chi connectivity index (χ4v) is 1.54. The lowest BCUT2D eigenvalue weighted by molar-refractivity contribution is -0.108. The minimum Gasteiger partial charge on any atom is -0.396 e. The lowest BCUT2D eigenvalue weighted by Gasteiger charge is -2.34. The normalized spacial score (nSPS) is 37.1. The molecular formula is C7H13F2NO. The Balaban J connectivity index is 2.64. The van der Waals surface area contributed by atoms with Gasteiger partial charge >= 0.3 is 0 Å². The standard InChI is InChI=1S/C7H13F2NO/c8-7(9)3-1-2-6(10)5(7)4-11/h5-6,11H,1-4,10H2. The zero-order valence-electron chi connectivity index (χ0n) is 6.26. The van der Waals surface area contributed by atoms with Crippen LogP contribution in [0.15, 0.2) is 0 Å². The molecule has 2 atom stereocenters. The third-order valence-electron chi connectivity index (χ3n) is 2.30. The molecule has 3 N–H and O–H groups in total. The van der Waals surface area contributed by atoms with Gasteiger partial charge in [0.25, 0.3) is 5.92 Å². The molecule has 1 aliphatic carbocycles. The van der Waals surface area contributed by atoms with Gasteiger partial charge in [-0.2, -0.15) is 0 Å². The number of hydrogen-bond donors (Lipinski definition) is 2. The van der Waals surface area contributed by atoms with Crippen molar-refractivity contribution in [3.05, 3.63) is 0 Å². The Bertz CT molecular complexity index is 140. The Labute approximate surface area is 64.4 Å². The van der Waals surface area contributed by atoms with Crippen LogP contribution in [-0.2, 0) is 0 Å². The van der Waals surface area contributed by atoms with Gasteiger partial charge in [0, 0.05) is 12.5 Å². The quantitative estimate of drug-likeness (QED) is 0.602. The van der Waals surface area contributed by atoms with E-state index in [9.17, 15) is 8.78 Å². The van der Waals surface area contributed by atoms with Gasteiger partial charge in [-0.05, 0) is 12.8 Å². The van der Waals surface area contributed by atoms with Crippen LogP contribution in [0.3, 0.4) is 0 Å². The maximum absolute atomic E-state index is 12.9. The van der Waals surface area contributed by atoms with E-state index < -0.39 is 24.5 Å². The van der Waals surface area contributed by atoms with E-state index in [0.29, 0.717) is 12.8 Å². The third-order valence-corrected chi connectivity index (χ3v) is 2.30. The van der Waals surface area contributed by atoms with Crippen molar-refractivity contribution >= 4 is 0 Å². The molecule has 4 heteroatoms. The van der Waals surface area contributed by atoms with Crippen LogP contribution in [-0.4, -0.2) is 23.7 Å². The van der Waals surface area contributed by atoms with Gasteiger partial charge in [0.1, 0.15) is 0 Å². The molecule has 1 aliphatic rings. The molecule has 2 nitrogen and oxygen atoms in total. The van der Waals surface area contributed by atoms with Crippen LogP contribution in [0.1, 0.15) is 19.3 Å². The lowest BCUT2D eigenvalue weighted by atomic mass is 9.82. The first kappa shape index (κ1) is 8.87. The molecule has 0 heterocycles. The van der Waals surface area contributed by atoms with E-state index in [0.717, 1.165) is 0 Å². The molecule has 0 aromatic carbocycles. The van der Waals surface area contributed by atoms with Crippen molar-refractivity contribution in [2.75, 3.05) is 6.61 Å². The highest BCUT2D eigenvalue weighted by Crippen LogP contribution is 2.37. The molecule has 0 aromatic heterocycles.